The number of hydrogen-bond acceptors (Lipinski definition) is 4. The van der Waals surface area contributed by atoms with Gasteiger partial charge < -0.3 is 19.9 Å². The van der Waals surface area contributed by atoms with Crippen LogP contribution in [-0.2, 0) is 4.74 Å². The first-order chi connectivity index (χ1) is 12.4. The van der Waals surface area contributed by atoms with Crippen molar-refractivity contribution < 1.29 is 24.2 Å². The lowest BCUT2D eigenvalue weighted by atomic mass is 10.1. The zero-order chi connectivity index (χ0) is 19.1. The molecule has 0 saturated carbocycles. The zero-order valence-corrected chi connectivity index (χ0v) is 16.1. The van der Waals surface area contributed by atoms with Crippen LogP contribution in [0, 0.1) is 0 Å². The molecule has 0 unspecified atom stereocenters. The fraction of sp³-hybridized carbons (Fsp3) is 0.263. The highest BCUT2D eigenvalue weighted by Gasteiger charge is 2.14. The average Bonchev–Trinajstić information content (AvgIpc) is 2.60. The summed E-state index contributed by atoms with van der Waals surface area (Å²) in [6, 6.07) is 11.2. The number of amides is 1. The number of carboxylic acids is 1. The van der Waals surface area contributed by atoms with Gasteiger partial charge in [0, 0.05) is 10.0 Å². The van der Waals surface area contributed by atoms with E-state index in [1.54, 1.807) is 30.3 Å². The second-order valence-electron chi connectivity index (χ2n) is 5.74. The maximum Gasteiger partial charge on any atom is 0.337 e. The van der Waals surface area contributed by atoms with E-state index in [4.69, 9.17) is 9.47 Å². The second-order valence-corrected chi connectivity index (χ2v) is 6.66. The molecule has 0 radical (unpaired) electrons. The summed E-state index contributed by atoms with van der Waals surface area (Å²) in [5, 5.41) is 11.9. The Morgan fingerprint density at radius 1 is 1.12 bits per heavy atom. The lowest BCUT2D eigenvalue weighted by Gasteiger charge is -2.11. The number of ether oxygens (including phenoxy) is 2. The molecule has 0 fully saturated rings. The lowest BCUT2D eigenvalue weighted by Crippen LogP contribution is -2.15. The average molecular weight is 422 g/mol. The molecule has 0 saturated heterocycles. The molecule has 2 rings (SSSR count). The first-order valence-electron chi connectivity index (χ1n) is 8.05. The highest BCUT2D eigenvalue weighted by molar-refractivity contribution is 9.10. The minimum atomic E-state index is -1.12. The highest BCUT2D eigenvalue weighted by Crippen LogP contribution is 2.22. The number of halogens is 1. The lowest BCUT2D eigenvalue weighted by molar-refractivity contribution is 0.0552. The van der Waals surface area contributed by atoms with Crippen molar-refractivity contribution in [2.75, 3.05) is 18.5 Å². The van der Waals surface area contributed by atoms with Crippen LogP contribution in [0.5, 0.6) is 5.75 Å². The van der Waals surface area contributed by atoms with E-state index in [2.05, 4.69) is 21.2 Å². The molecule has 0 atom stereocenters. The van der Waals surface area contributed by atoms with E-state index < -0.39 is 11.9 Å². The molecule has 0 aromatic heterocycles. The standard InChI is InChI=1S/C19H20BrNO5/c1-12(2)25-9-10-26-15-6-3-13(4-7-15)18(22)21-17-8-5-14(20)11-16(17)19(23)24/h3-8,11-12H,9-10H2,1-2H3,(H,21,22)(H,23,24). The molecule has 0 bridgehead atoms. The van der Waals surface area contributed by atoms with E-state index in [9.17, 15) is 14.7 Å². The number of hydrogen-bond donors (Lipinski definition) is 2. The van der Waals surface area contributed by atoms with Gasteiger partial charge in [0.25, 0.3) is 5.91 Å². The van der Waals surface area contributed by atoms with E-state index in [0.29, 0.717) is 29.0 Å². The smallest absolute Gasteiger partial charge is 0.337 e. The van der Waals surface area contributed by atoms with Gasteiger partial charge in [-0.2, -0.15) is 0 Å². The molecule has 0 spiro atoms. The van der Waals surface area contributed by atoms with E-state index in [0.717, 1.165) is 0 Å². The number of rotatable bonds is 8. The third-order valence-electron chi connectivity index (χ3n) is 3.38. The molecule has 0 aliphatic heterocycles. The molecule has 1 amide bonds. The van der Waals surface area contributed by atoms with Gasteiger partial charge in [0.2, 0.25) is 0 Å². The third-order valence-corrected chi connectivity index (χ3v) is 3.87. The first kappa shape index (κ1) is 19.9. The summed E-state index contributed by atoms with van der Waals surface area (Å²) < 4.78 is 11.5. The van der Waals surface area contributed by atoms with Crippen LogP contribution in [0.2, 0.25) is 0 Å². The van der Waals surface area contributed by atoms with Gasteiger partial charge in [-0.1, -0.05) is 15.9 Å². The van der Waals surface area contributed by atoms with Crippen molar-refractivity contribution in [3.05, 3.63) is 58.1 Å². The van der Waals surface area contributed by atoms with E-state index in [1.165, 1.54) is 12.1 Å². The minimum Gasteiger partial charge on any atom is -0.491 e. The number of carboxylic acid groups (broad SMARTS) is 1. The van der Waals surface area contributed by atoms with Crippen molar-refractivity contribution >= 4 is 33.5 Å². The normalized spacial score (nSPS) is 10.6. The second kappa shape index (κ2) is 9.35. The molecule has 0 heterocycles. The van der Waals surface area contributed by atoms with Gasteiger partial charge in [-0.05, 0) is 56.3 Å². The van der Waals surface area contributed by atoms with Crippen LogP contribution >= 0.6 is 15.9 Å². The third kappa shape index (κ3) is 5.86. The predicted octanol–water partition coefficient (Wildman–Crippen LogP) is 4.20. The van der Waals surface area contributed by atoms with Crippen molar-refractivity contribution in [2.45, 2.75) is 20.0 Å². The quantitative estimate of drug-likeness (QED) is 0.623. The first-order valence-corrected chi connectivity index (χ1v) is 8.85. The van der Waals surface area contributed by atoms with Crippen LogP contribution in [0.4, 0.5) is 5.69 Å². The Morgan fingerprint density at radius 2 is 1.81 bits per heavy atom. The topological polar surface area (TPSA) is 84.9 Å². The summed E-state index contributed by atoms with van der Waals surface area (Å²) in [5.74, 6) is -0.887. The molecule has 0 aliphatic rings. The summed E-state index contributed by atoms with van der Waals surface area (Å²) in [6.45, 7) is 4.81. The molecule has 2 N–H and O–H groups in total. The predicted molar refractivity (Wildman–Crippen MR) is 102 cm³/mol. The molecule has 6 nitrogen and oxygen atoms in total. The molecule has 26 heavy (non-hydrogen) atoms. The summed E-state index contributed by atoms with van der Waals surface area (Å²) in [5.41, 5.74) is 0.643. The maximum absolute atomic E-state index is 12.3. The van der Waals surface area contributed by atoms with Gasteiger partial charge in [0.1, 0.15) is 12.4 Å². The van der Waals surface area contributed by atoms with Crippen molar-refractivity contribution in [2.24, 2.45) is 0 Å². The van der Waals surface area contributed by atoms with Crippen LogP contribution in [0.3, 0.4) is 0 Å². The Hall–Kier alpha value is -2.38. The Bertz CT molecular complexity index is 774. The van der Waals surface area contributed by atoms with Gasteiger partial charge >= 0.3 is 5.97 Å². The Kier molecular flexibility index (Phi) is 7.17. The molecular formula is C19H20BrNO5. The number of benzene rings is 2. The fourth-order valence-electron chi connectivity index (χ4n) is 2.14. The Labute approximate surface area is 160 Å². The van der Waals surface area contributed by atoms with E-state index in [-0.39, 0.29) is 17.4 Å². The SMILES string of the molecule is CC(C)OCCOc1ccc(C(=O)Nc2ccc(Br)cc2C(=O)O)cc1. The van der Waals surface area contributed by atoms with Gasteiger partial charge in [-0.25, -0.2) is 4.79 Å². The maximum atomic E-state index is 12.3. The summed E-state index contributed by atoms with van der Waals surface area (Å²) in [7, 11) is 0. The highest BCUT2D eigenvalue weighted by atomic mass is 79.9. The van der Waals surface area contributed by atoms with Gasteiger partial charge in [0.05, 0.1) is 24.0 Å². The largest absolute Gasteiger partial charge is 0.491 e. The summed E-state index contributed by atoms with van der Waals surface area (Å²) in [6.07, 6.45) is 0.152. The molecule has 138 valence electrons. The van der Waals surface area contributed by atoms with Gasteiger partial charge in [-0.3, -0.25) is 4.79 Å². The molecule has 2 aromatic carbocycles. The van der Waals surface area contributed by atoms with Crippen molar-refractivity contribution in [3.63, 3.8) is 0 Å². The number of aromatic carboxylic acids is 1. The Morgan fingerprint density at radius 3 is 2.42 bits per heavy atom. The van der Waals surface area contributed by atoms with Gasteiger partial charge in [-0.15, -0.1) is 0 Å². The number of anilines is 1. The number of carbonyl (C=O) groups excluding carboxylic acids is 1. The van der Waals surface area contributed by atoms with Crippen LogP contribution in [0.1, 0.15) is 34.6 Å². The van der Waals surface area contributed by atoms with Crippen LogP contribution in [0.25, 0.3) is 0 Å². The molecular weight excluding hydrogens is 402 g/mol. The van der Waals surface area contributed by atoms with Crippen molar-refractivity contribution in [1.29, 1.82) is 0 Å². The molecule has 0 aliphatic carbocycles. The molecule has 2 aromatic rings. The van der Waals surface area contributed by atoms with E-state index in [1.807, 2.05) is 13.8 Å². The van der Waals surface area contributed by atoms with Gasteiger partial charge in [0.15, 0.2) is 0 Å². The minimum absolute atomic E-state index is 0.0119. The number of carbonyl (C=O) groups is 2. The summed E-state index contributed by atoms with van der Waals surface area (Å²) in [4.78, 5) is 23.6. The van der Waals surface area contributed by atoms with Crippen molar-refractivity contribution in [1.82, 2.24) is 0 Å². The van der Waals surface area contributed by atoms with Crippen molar-refractivity contribution in [3.8, 4) is 5.75 Å². The van der Waals surface area contributed by atoms with Crippen LogP contribution in [-0.4, -0.2) is 36.3 Å². The Balaban J connectivity index is 1.99. The summed E-state index contributed by atoms with van der Waals surface area (Å²) >= 11 is 3.22. The van der Waals surface area contributed by atoms with E-state index >= 15 is 0 Å². The monoisotopic (exact) mass is 421 g/mol. The van der Waals surface area contributed by atoms with Crippen LogP contribution in [0.15, 0.2) is 46.9 Å². The fourth-order valence-corrected chi connectivity index (χ4v) is 2.50. The van der Waals surface area contributed by atoms with Crippen LogP contribution < -0.4 is 10.1 Å². The molecule has 7 heteroatoms. The zero-order valence-electron chi connectivity index (χ0n) is 14.5. The number of nitrogens with one attached hydrogen (secondary N) is 1.